The van der Waals surface area contributed by atoms with E-state index in [1.807, 2.05) is 13.8 Å². The second-order valence-corrected chi connectivity index (χ2v) is 7.17. The normalized spacial score (nSPS) is 11.5. The molecule has 0 aliphatic heterocycles. The maximum absolute atomic E-state index is 12.9. The van der Waals surface area contributed by atoms with Crippen LogP contribution in [0.15, 0.2) is 24.3 Å². The fourth-order valence-electron chi connectivity index (χ4n) is 1.70. The predicted molar refractivity (Wildman–Crippen MR) is 81.1 cm³/mol. The zero-order valence-corrected chi connectivity index (χ0v) is 13.3. The summed E-state index contributed by atoms with van der Waals surface area (Å²) in [6.07, 6.45) is 1.11. The number of nitrogens with zero attached hydrogens (tertiary/aromatic N) is 1. The molecule has 0 unspecified atom stereocenters. The number of amides is 1. The van der Waals surface area contributed by atoms with E-state index in [2.05, 4.69) is 5.32 Å². The number of hydrogen-bond donors (Lipinski definition) is 1. The molecule has 0 bridgehead atoms. The Balaban J connectivity index is 2.73. The minimum absolute atomic E-state index is 0.0222. The predicted octanol–water partition coefficient (Wildman–Crippen LogP) is 1.75. The third-order valence-corrected chi connectivity index (χ3v) is 3.96. The van der Waals surface area contributed by atoms with Crippen molar-refractivity contribution in [1.29, 1.82) is 0 Å². The summed E-state index contributed by atoms with van der Waals surface area (Å²) in [6.45, 7) is 4.52. The molecule has 0 fully saturated rings. The Morgan fingerprint density at radius 2 is 1.86 bits per heavy atom. The number of carbonyl (C=O) groups excluding carboxylic acids is 1. The average molecular weight is 316 g/mol. The van der Waals surface area contributed by atoms with Crippen LogP contribution < -0.4 is 9.62 Å². The van der Waals surface area contributed by atoms with Crippen LogP contribution in [-0.2, 0) is 14.8 Å². The van der Waals surface area contributed by atoms with Crippen LogP contribution >= 0.6 is 0 Å². The highest BCUT2D eigenvalue weighted by Gasteiger charge is 2.18. The van der Waals surface area contributed by atoms with E-state index >= 15 is 0 Å². The topological polar surface area (TPSA) is 66.5 Å². The van der Waals surface area contributed by atoms with Crippen molar-refractivity contribution in [2.45, 2.75) is 20.3 Å². The van der Waals surface area contributed by atoms with E-state index < -0.39 is 15.8 Å². The summed E-state index contributed by atoms with van der Waals surface area (Å²) in [6, 6.07) is 5.13. The van der Waals surface area contributed by atoms with Crippen molar-refractivity contribution in [3.8, 4) is 0 Å². The van der Waals surface area contributed by atoms with Crippen LogP contribution in [0.1, 0.15) is 20.3 Å². The summed E-state index contributed by atoms with van der Waals surface area (Å²) in [5.41, 5.74) is 0.343. The van der Waals surface area contributed by atoms with Crippen molar-refractivity contribution in [1.82, 2.24) is 5.32 Å². The van der Waals surface area contributed by atoms with Gasteiger partial charge in [-0.15, -0.1) is 0 Å². The molecule has 7 heteroatoms. The van der Waals surface area contributed by atoms with Crippen LogP contribution in [0.2, 0.25) is 0 Å². The Morgan fingerprint density at radius 1 is 1.29 bits per heavy atom. The minimum Gasteiger partial charge on any atom is -0.356 e. The Labute approximate surface area is 125 Å². The fourth-order valence-corrected chi connectivity index (χ4v) is 2.63. The van der Waals surface area contributed by atoms with Crippen LogP contribution in [0.3, 0.4) is 0 Å². The largest absolute Gasteiger partial charge is 0.356 e. The molecule has 1 amide bonds. The summed E-state index contributed by atoms with van der Waals surface area (Å²) in [5.74, 6) is -0.321. The first kappa shape index (κ1) is 17.4. The number of hydrogen-bond acceptors (Lipinski definition) is 3. The van der Waals surface area contributed by atoms with Gasteiger partial charge in [0.1, 0.15) is 5.82 Å². The van der Waals surface area contributed by atoms with E-state index in [4.69, 9.17) is 0 Å². The zero-order chi connectivity index (χ0) is 16.0. The third kappa shape index (κ3) is 6.12. The Hall–Kier alpha value is -1.63. The summed E-state index contributed by atoms with van der Waals surface area (Å²) in [7, 11) is -3.53. The second-order valence-electron chi connectivity index (χ2n) is 5.26. The molecule has 118 valence electrons. The van der Waals surface area contributed by atoms with Gasteiger partial charge < -0.3 is 5.32 Å². The van der Waals surface area contributed by atoms with Crippen molar-refractivity contribution < 1.29 is 17.6 Å². The molecular formula is C14H21FN2O3S. The lowest BCUT2D eigenvalue weighted by Gasteiger charge is -2.22. The lowest BCUT2D eigenvalue weighted by atomic mass is 10.2. The summed E-state index contributed by atoms with van der Waals surface area (Å²) < 4.78 is 37.6. The van der Waals surface area contributed by atoms with E-state index in [0.717, 1.165) is 10.6 Å². The number of sulfonamides is 1. The van der Waals surface area contributed by atoms with E-state index in [9.17, 15) is 17.6 Å². The molecule has 0 aliphatic carbocycles. The summed E-state index contributed by atoms with van der Waals surface area (Å²) in [5, 5.41) is 2.73. The van der Waals surface area contributed by atoms with Crippen molar-refractivity contribution >= 4 is 21.6 Å². The summed E-state index contributed by atoms with van der Waals surface area (Å²) >= 11 is 0. The fraction of sp³-hybridized carbons (Fsp3) is 0.500. The third-order valence-electron chi connectivity index (χ3n) is 2.76. The number of halogens is 1. The van der Waals surface area contributed by atoms with E-state index in [0.29, 0.717) is 18.2 Å². The van der Waals surface area contributed by atoms with E-state index in [1.165, 1.54) is 24.3 Å². The maximum Gasteiger partial charge on any atom is 0.232 e. The molecule has 1 N–H and O–H groups in total. The zero-order valence-electron chi connectivity index (χ0n) is 12.5. The van der Waals surface area contributed by atoms with Crippen LogP contribution in [-0.4, -0.2) is 33.7 Å². The van der Waals surface area contributed by atoms with Gasteiger partial charge in [0.2, 0.25) is 15.9 Å². The van der Waals surface area contributed by atoms with Crippen molar-refractivity contribution in [3.63, 3.8) is 0 Å². The molecule has 0 heterocycles. The second kappa shape index (κ2) is 7.40. The number of anilines is 1. The highest BCUT2D eigenvalue weighted by atomic mass is 32.2. The SMILES string of the molecule is CC(C)CNC(=O)CCN(c1ccc(F)cc1)S(C)(=O)=O. The number of nitrogens with one attached hydrogen (secondary N) is 1. The lowest BCUT2D eigenvalue weighted by Crippen LogP contribution is -2.35. The molecule has 0 saturated carbocycles. The highest BCUT2D eigenvalue weighted by molar-refractivity contribution is 7.92. The van der Waals surface area contributed by atoms with Crippen LogP contribution in [0.4, 0.5) is 10.1 Å². The van der Waals surface area contributed by atoms with Gasteiger partial charge in [0.15, 0.2) is 0 Å². The smallest absolute Gasteiger partial charge is 0.232 e. The Kier molecular flexibility index (Phi) is 6.14. The molecule has 1 rings (SSSR count). The molecule has 1 aromatic rings. The van der Waals surface area contributed by atoms with Gasteiger partial charge in [-0.25, -0.2) is 12.8 Å². The van der Waals surface area contributed by atoms with E-state index in [-0.39, 0.29) is 18.9 Å². The quantitative estimate of drug-likeness (QED) is 0.833. The van der Waals surface area contributed by atoms with Crippen molar-refractivity contribution in [3.05, 3.63) is 30.1 Å². The molecule has 5 nitrogen and oxygen atoms in total. The molecule has 0 aromatic heterocycles. The highest BCUT2D eigenvalue weighted by Crippen LogP contribution is 2.18. The first-order valence-corrected chi connectivity index (χ1v) is 8.55. The molecular weight excluding hydrogens is 295 g/mol. The van der Waals surface area contributed by atoms with Gasteiger partial charge in [0.25, 0.3) is 0 Å². The number of carbonyl (C=O) groups is 1. The van der Waals surface area contributed by atoms with Crippen molar-refractivity contribution in [2.75, 3.05) is 23.7 Å². The van der Waals surface area contributed by atoms with Crippen LogP contribution in [0.25, 0.3) is 0 Å². The first-order chi connectivity index (χ1) is 9.70. The van der Waals surface area contributed by atoms with Gasteiger partial charge in [-0.1, -0.05) is 13.8 Å². The molecule has 0 saturated heterocycles. The molecule has 0 atom stereocenters. The van der Waals surface area contributed by atoms with Crippen LogP contribution in [0, 0.1) is 11.7 Å². The van der Waals surface area contributed by atoms with Crippen LogP contribution in [0.5, 0.6) is 0 Å². The van der Waals surface area contributed by atoms with Gasteiger partial charge in [-0.05, 0) is 30.2 Å². The number of benzene rings is 1. The molecule has 1 aromatic carbocycles. The average Bonchev–Trinajstić information content (AvgIpc) is 2.37. The Bertz CT molecular complexity index is 570. The molecule has 0 aliphatic rings. The van der Waals surface area contributed by atoms with Gasteiger partial charge in [-0.3, -0.25) is 9.10 Å². The standard InChI is InChI=1S/C14H21FN2O3S/c1-11(2)10-16-14(18)8-9-17(21(3,19)20)13-6-4-12(15)5-7-13/h4-7,11H,8-10H2,1-3H3,(H,16,18). The summed E-state index contributed by atoms with van der Waals surface area (Å²) in [4.78, 5) is 11.7. The minimum atomic E-state index is -3.53. The molecule has 0 radical (unpaired) electrons. The molecule has 21 heavy (non-hydrogen) atoms. The van der Waals surface area contributed by atoms with Gasteiger partial charge >= 0.3 is 0 Å². The first-order valence-electron chi connectivity index (χ1n) is 6.70. The van der Waals surface area contributed by atoms with Crippen molar-refractivity contribution in [2.24, 2.45) is 5.92 Å². The lowest BCUT2D eigenvalue weighted by molar-refractivity contribution is -0.121. The number of rotatable bonds is 7. The van der Waals surface area contributed by atoms with E-state index in [1.54, 1.807) is 0 Å². The van der Waals surface area contributed by atoms with Gasteiger partial charge in [0.05, 0.1) is 11.9 Å². The molecule has 0 spiro atoms. The maximum atomic E-state index is 12.9. The Morgan fingerprint density at radius 3 is 2.33 bits per heavy atom. The van der Waals surface area contributed by atoms with Gasteiger partial charge in [0, 0.05) is 19.5 Å². The van der Waals surface area contributed by atoms with Gasteiger partial charge in [-0.2, -0.15) is 0 Å². The monoisotopic (exact) mass is 316 g/mol.